The number of hydrogen-bond donors (Lipinski definition) is 2. The molecule has 2 aromatic rings. The van der Waals surface area contributed by atoms with E-state index >= 15 is 0 Å². The van der Waals surface area contributed by atoms with Crippen LogP contribution in [0.2, 0.25) is 0 Å². The maximum absolute atomic E-state index is 12.3. The highest BCUT2D eigenvalue weighted by atomic mass is 16.5. The van der Waals surface area contributed by atoms with E-state index in [2.05, 4.69) is 10.9 Å². The highest BCUT2D eigenvalue weighted by Gasteiger charge is 2.28. The summed E-state index contributed by atoms with van der Waals surface area (Å²) < 4.78 is 10.8. The summed E-state index contributed by atoms with van der Waals surface area (Å²) in [5.74, 6) is 1.67. The van der Waals surface area contributed by atoms with Crippen LogP contribution in [0.15, 0.2) is 47.5 Å². The average Bonchev–Trinajstić information content (AvgIpc) is 2.64. The SMILES string of the molecule is COc1cc2c(cc1OC)C(NNC(=O)c1ccccc1)=NC(C)(C)C2. The van der Waals surface area contributed by atoms with Gasteiger partial charge in [-0.25, -0.2) is 0 Å². The molecule has 26 heavy (non-hydrogen) atoms. The Hall–Kier alpha value is -3.02. The zero-order valence-corrected chi connectivity index (χ0v) is 15.4. The van der Waals surface area contributed by atoms with Gasteiger partial charge in [0.15, 0.2) is 11.5 Å². The molecule has 0 bridgehead atoms. The maximum atomic E-state index is 12.3. The summed E-state index contributed by atoms with van der Waals surface area (Å²) in [5.41, 5.74) is 7.94. The van der Waals surface area contributed by atoms with E-state index in [9.17, 15) is 4.79 Å². The Morgan fingerprint density at radius 1 is 1.08 bits per heavy atom. The van der Waals surface area contributed by atoms with E-state index in [0.717, 1.165) is 17.5 Å². The average molecular weight is 353 g/mol. The third-order valence-corrected chi connectivity index (χ3v) is 4.23. The lowest BCUT2D eigenvalue weighted by Crippen LogP contribution is -2.45. The number of aliphatic imine (C=N–C) groups is 1. The van der Waals surface area contributed by atoms with Gasteiger partial charge in [0.1, 0.15) is 5.84 Å². The lowest BCUT2D eigenvalue weighted by molar-refractivity contribution is 0.0943. The van der Waals surface area contributed by atoms with Crippen molar-refractivity contribution in [2.45, 2.75) is 25.8 Å². The molecular weight excluding hydrogens is 330 g/mol. The summed E-state index contributed by atoms with van der Waals surface area (Å²) in [4.78, 5) is 17.1. The predicted molar refractivity (Wildman–Crippen MR) is 101 cm³/mol. The summed E-state index contributed by atoms with van der Waals surface area (Å²) in [7, 11) is 3.21. The molecule has 0 unspecified atom stereocenters. The molecule has 0 aliphatic carbocycles. The summed E-state index contributed by atoms with van der Waals surface area (Å²) in [6.45, 7) is 4.10. The summed E-state index contributed by atoms with van der Waals surface area (Å²) in [6, 6.07) is 12.9. The molecule has 0 saturated carbocycles. The number of ether oxygens (including phenoxy) is 2. The summed E-state index contributed by atoms with van der Waals surface area (Å²) in [5, 5.41) is 0. The minimum Gasteiger partial charge on any atom is -0.493 e. The highest BCUT2D eigenvalue weighted by Crippen LogP contribution is 2.35. The second-order valence-corrected chi connectivity index (χ2v) is 6.76. The van der Waals surface area contributed by atoms with Crippen LogP contribution in [0.5, 0.6) is 11.5 Å². The highest BCUT2D eigenvalue weighted by molar-refractivity contribution is 6.04. The molecule has 1 aliphatic rings. The first-order valence-electron chi connectivity index (χ1n) is 8.40. The van der Waals surface area contributed by atoms with Crippen LogP contribution < -0.4 is 20.3 Å². The molecule has 136 valence electrons. The Morgan fingerprint density at radius 2 is 1.73 bits per heavy atom. The second-order valence-electron chi connectivity index (χ2n) is 6.76. The molecule has 0 radical (unpaired) electrons. The van der Waals surface area contributed by atoms with Crippen molar-refractivity contribution >= 4 is 11.7 Å². The van der Waals surface area contributed by atoms with Crippen molar-refractivity contribution in [1.82, 2.24) is 10.9 Å². The molecule has 1 amide bonds. The van der Waals surface area contributed by atoms with Gasteiger partial charge in [-0.05, 0) is 50.1 Å². The number of amides is 1. The number of nitrogens with zero attached hydrogens (tertiary/aromatic N) is 1. The molecule has 2 N–H and O–H groups in total. The van der Waals surface area contributed by atoms with Crippen molar-refractivity contribution in [1.29, 1.82) is 0 Å². The molecule has 6 heteroatoms. The minimum absolute atomic E-state index is 0.223. The largest absolute Gasteiger partial charge is 0.493 e. The van der Waals surface area contributed by atoms with E-state index in [1.807, 2.05) is 44.2 Å². The van der Waals surface area contributed by atoms with E-state index in [1.54, 1.807) is 26.4 Å². The lowest BCUT2D eigenvalue weighted by atomic mass is 9.88. The van der Waals surface area contributed by atoms with Gasteiger partial charge in [-0.15, -0.1) is 0 Å². The molecule has 3 rings (SSSR count). The number of amidine groups is 1. The Morgan fingerprint density at radius 3 is 2.38 bits per heavy atom. The van der Waals surface area contributed by atoms with Crippen molar-refractivity contribution in [3.05, 3.63) is 59.2 Å². The van der Waals surface area contributed by atoms with Crippen LogP contribution in [0.3, 0.4) is 0 Å². The third-order valence-electron chi connectivity index (χ3n) is 4.23. The Labute approximate surface area is 153 Å². The van der Waals surface area contributed by atoms with Gasteiger partial charge in [0.05, 0.1) is 19.8 Å². The summed E-state index contributed by atoms with van der Waals surface area (Å²) >= 11 is 0. The van der Waals surface area contributed by atoms with Crippen molar-refractivity contribution in [2.75, 3.05) is 14.2 Å². The fraction of sp³-hybridized carbons (Fsp3) is 0.300. The quantitative estimate of drug-likeness (QED) is 0.833. The molecular formula is C20H23N3O3. The minimum atomic E-state index is -0.299. The van der Waals surface area contributed by atoms with Gasteiger partial charge in [0, 0.05) is 11.1 Å². The molecule has 0 atom stereocenters. The molecule has 6 nitrogen and oxygen atoms in total. The normalized spacial score (nSPS) is 14.7. The smallest absolute Gasteiger partial charge is 0.269 e. The van der Waals surface area contributed by atoms with E-state index < -0.39 is 0 Å². The molecule has 1 aliphatic heterocycles. The first-order chi connectivity index (χ1) is 12.4. The van der Waals surface area contributed by atoms with Crippen molar-refractivity contribution in [3.63, 3.8) is 0 Å². The molecule has 0 saturated heterocycles. The topological polar surface area (TPSA) is 72.0 Å². The standard InChI is InChI=1S/C20H23N3O3/c1-20(2)12-14-10-16(25-3)17(26-4)11-15(14)18(21-20)22-23-19(24)13-8-6-5-7-9-13/h5-11H,12H2,1-4H3,(H,21,22)(H,23,24). The van der Waals surface area contributed by atoms with E-state index in [0.29, 0.717) is 22.9 Å². The number of nitrogens with one attached hydrogen (secondary N) is 2. The van der Waals surface area contributed by atoms with Gasteiger partial charge < -0.3 is 9.47 Å². The van der Waals surface area contributed by atoms with E-state index in [4.69, 9.17) is 14.5 Å². The van der Waals surface area contributed by atoms with Crippen molar-refractivity contribution < 1.29 is 14.3 Å². The van der Waals surface area contributed by atoms with Crippen LogP contribution in [0, 0.1) is 0 Å². The number of fused-ring (bicyclic) bond motifs is 1. The van der Waals surface area contributed by atoms with Crippen LogP contribution in [0.4, 0.5) is 0 Å². The zero-order valence-electron chi connectivity index (χ0n) is 15.4. The Bertz CT molecular complexity index is 845. The molecule has 1 heterocycles. The molecule has 0 aromatic heterocycles. The van der Waals surface area contributed by atoms with Crippen LogP contribution in [-0.2, 0) is 6.42 Å². The molecule has 0 spiro atoms. The number of rotatable bonds is 3. The number of hydrogen-bond acceptors (Lipinski definition) is 5. The van der Waals surface area contributed by atoms with Gasteiger partial charge in [0.2, 0.25) is 0 Å². The number of benzene rings is 2. The number of carbonyl (C=O) groups is 1. The van der Waals surface area contributed by atoms with Crippen LogP contribution >= 0.6 is 0 Å². The number of carbonyl (C=O) groups excluding carboxylic acids is 1. The summed E-state index contributed by atoms with van der Waals surface area (Å²) in [6.07, 6.45) is 0.764. The zero-order chi connectivity index (χ0) is 18.7. The third kappa shape index (κ3) is 3.64. The first kappa shape index (κ1) is 17.8. The van der Waals surface area contributed by atoms with Crippen LogP contribution in [0.1, 0.15) is 35.3 Å². The number of hydrazine groups is 1. The Balaban J connectivity index is 1.89. The number of methoxy groups -OCH3 is 2. The Kier molecular flexibility index (Phi) is 4.84. The van der Waals surface area contributed by atoms with Gasteiger partial charge >= 0.3 is 0 Å². The monoisotopic (exact) mass is 353 g/mol. The maximum Gasteiger partial charge on any atom is 0.269 e. The first-order valence-corrected chi connectivity index (χ1v) is 8.40. The van der Waals surface area contributed by atoms with Crippen LogP contribution in [-0.4, -0.2) is 31.5 Å². The van der Waals surface area contributed by atoms with Gasteiger partial charge in [-0.1, -0.05) is 18.2 Å². The molecule has 2 aromatic carbocycles. The predicted octanol–water partition coefficient (Wildman–Crippen LogP) is 2.72. The lowest BCUT2D eigenvalue weighted by Gasteiger charge is -2.30. The fourth-order valence-electron chi connectivity index (χ4n) is 3.03. The van der Waals surface area contributed by atoms with Gasteiger partial charge in [0.25, 0.3) is 5.91 Å². The molecule has 0 fully saturated rings. The van der Waals surface area contributed by atoms with E-state index in [-0.39, 0.29) is 11.4 Å². The fourth-order valence-corrected chi connectivity index (χ4v) is 3.03. The van der Waals surface area contributed by atoms with Gasteiger partial charge in [-0.2, -0.15) is 0 Å². The van der Waals surface area contributed by atoms with Crippen LogP contribution in [0.25, 0.3) is 0 Å². The second kappa shape index (κ2) is 7.07. The van der Waals surface area contributed by atoms with E-state index in [1.165, 1.54) is 0 Å². The van der Waals surface area contributed by atoms with Crippen molar-refractivity contribution in [3.8, 4) is 11.5 Å². The van der Waals surface area contributed by atoms with Crippen molar-refractivity contribution in [2.24, 2.45) is 4.99 Å². The van der Waals surface area contributed by atoms with Gasteiger partial charge in [-0.3, -0.25) is 20.6 Å².